The average molecular weight is 180 g/mol. The van der Waals surface area contributed by atoms with E-state index in [-0.39, 0.29) is 0 Å². The van der Waals surface area contributed by atoms with Crippen LogP contribution in [0.25, 0.3) is 0 Å². The number of hydrogen-bond donors (Lipinski definition) is 0. The number of halogens is 2. The van der Waals surface area contributed by atoms with Crippen LogP contribution >= 0.6 is 0 Å². The van der Waals surface area contributed by atoms with Gasteiger partial charge >= 0.3 is 0 Å². The highest BCUT2D eigenvalue weighted by Crippen LogP contribution is 2.10. The van der Waals surface area contributed by atoms with Gasteiger partial charge in [0.25, 0.3) is 16.8 Å². The van der Waals surface area contributed by atoms with Crippen LogP contribution in [0.2, 0.25) is 26.2 Å². The van der Waals surface area contributed by atoms with Crippen LogP contribution in [-0.2, 0) is 0 Å². The molecule has 4 heteroatoms. The Kier molecular flexibility index (Phi) is 2.97. The third kappa shape index (κ3) is 8.03. The van der Waals surface area contributed by atoms with Crippen molar-refractivity contribution in [2.45, 2.75) is 26.2 Å². The van der Waals surface area contributed by atoms with Crippen molar-refractivity contribution in [1.29, 1.82) is 0 Å². The van der Waals surface area contributed by atoms with E-state index in [4.69, 9.17) is 0 Å². The summed E-state index contributed by atoms with van der Waals surface area (Å²) in [5, 5.41) is 0. The van der Waals surface area contributed by atoms with Crippen LogP contribution in [0.4, 0.5) is 8.22 Å². The van der Waals surface area contributed by atoms with Gasteiger partial charge in [-0.2, -0.15) is 0 Å². The molecular formula is C6H14F2Si2. The first-order valence-corrected chi connectivity index (χ1v) is 9.20. The lowest BCUT2D eigenvalue weighted by Gasteiger charge is -2.07. The Morgan fingerprint density at radius 3 is 1.10 bits per heavy atom. The number of rotatable bonds is 2. The molecule has 0 spiro atoms. The molecule has 0 saturated heterocycles. The molecule has 0 aliphatic heterocycles. The van der Waals surface area contributed by atoms with Gasteiger partial charge in [0.2, 0.25) is 0 Å². The van der Waals surface area contributed by atoms with Gasteiger partial charge in [0.05, 0.1) is 0 Å². The Morgan fingerprint density at radius 1 is 0.800 bits per heavy atom. The molecule has 0 nitrogen and oxygen atoms in total. The lowest BCUT2D eigenvalue weighted by Crippen LogP contribution is -2.20. The molecule has 0 bridgehead atoms. The molecule has 0 heterocycles. The Bertz CT molecular complexity index is 114. The molecular weight excluding hydrogens is 166 g/mol. The predicted molar refractivity (Wildman–Crippen MR) is 46.3 cm³/mol. The summed E-state index contributed by atoms with van der Waals surface area (Å²) in [5.41, 5.74) is 2.86. The lowest BCUT2D eigenvalue weighted by atomic mass is 11.2. The molecule has 0 N–H and O–H groups in total. The van der Waals surface area contributed by atoms with Crippen LogP contribution in [0.15, 0.2) is 11.4 Å². The first-order valence-electron chi connectivity index (χ1n) is 3.29. The fraction of sp³-hybridized carbons (Fsp3) is 0.667. The summed E-state index contributed by atoms with van der Waals surface area (Å²) >= 11 is 0. The van der Waals surface area contributed by atoms with Crippen molar-refractivity contribution < 1.29 is 8.22 Å². The van der Waals surface area contributed by atoms with E-state index < -0.39 is 16.8 Å². The summed E-state index contributed by atoms with van der Waals surface area (Å²) in [6.45, 7) is 6.18. The molecule has 0 aromatic carbocycles. The second-order valence-electron chi connectivity index (χ2n) is 3.46. The van der Waals surface area contributed by atoms with E-state index in [2.05, 4.69) is 0 Å². The Balaban J connectivity index is 4.01. The molecule has 0 aromatic heterocycles. The van der Waals surface area contributed by atoms with E-state index in [1.807, 2.05) is 0 Å². The van der Waals surface area contributed by atoms with Crippen molar-refractivity contribution in [3.05, 3.63) is 11.4 Å². The predicted octanol–water partition coefficient (Wildman–Crippen LogP) is 2.97. The van der Waals surface area contributed by atoms with E-state index in [1.54, 1.807) is 26.2 Å². The average Bonchev–Trinajstić information content (AvgIpc) is 1.57. The maximum atomic E-state index is 12.8. The zero-order valence-electron chi connectivity index (χ0n) is 6.91. The second-order valence-corrected chi connectivity index (χ2v) is 10.4. The summed E-state index contributed by atoms with van der Waals surface area (Å²) < 4.78 is 25.7. The second kappa shape index (κ2) is 2.96. The monoisotopic (exact) mass is 180 g/mol. The van der Waals surface area contributed by atoms with Crippen molar-refractivity contribution in [3.8, 4) is 0 Å². The van der Waals surface area contributed by atoms with Crippen molar-refractivity contribution >= 4 is 16.8 Å². The quantitative estimate of drug-likeness (QED) is 0.453. The highest BCUT2D eigenvalue weighted by molar-refractivity contribution is 6.81. The Labute approximate surface area is 63.3 Å². The van der Waals surface area contributed by atoms with Crippen LogP contribution in [0.1, 0.15) is 0 Å². The molecule has 0 saturated carbocycles. The van der Waals surface area contributed by atoms with E-state index in [9.17, 15) is 8.22 Å². The largest absolute Gasteiger partial charge is 0.309 e. The Hall–Kier alpha value is 0.0338. The smallest absolute Gasteiger partial charge is 0.263 e. The molecule has 0 fully saturated rings. The molecule has 0 aromatic rings. The van der Waals surface area contributed by atoms with Crippen LogP contribution < -0.4 is 0 Å². The summed E-state index contributed by atoms with van der Waals surface area (Å²) in [6.07, 6.45) is 0. The van der Waals surface area contributed by atoms with Gasteiger partial charge in [-0.05, 0) is 26.2 Å². The molecule has 0 atom stereocenters. The van der Waals surface area contributed by atoms with E-state index in [1.165, 1.54) is 11.4 Å². The molecule has 0 aliphatic rings. The van der Waals surface area contributed by atoms with Crippen molar-refractivity contribution in [1.82, 2.24) is 0 Å². The van der Waals surface area contributed by atoms with Gasteiger partial charge in [0.1, 0.15) is 0 Å². The Morgan fingerprint density at radius 2 is 1.00 bits per heavy atom. The standard InChI is InChI=1S/C6H14F2Si2/c1-9(2,7)5-6-10(3,4)8/h5-6H,1-4H3/b6-5+. The number of hydrogen-bond acceptors (Lipinski definition) is 0. The summed E-state index contributed by atoms with van der Waals surface area (Å²) in [6, 6.07) is 0. The van der Waals surface area contributed by atoms with Gasteiger partial charge in [-0.15, -0.1) is 0 Å². The topological polar surface area (TPSA) is 0 Å². The highest BCUT2D eigenvalue weighted by atomic mass is 28.4. The van der Waals surface area contributed by atoms with E-state index in [0.717, 1.165) is 0 Å². The minimum atomic E-state index is -2.65. The first-order chi connectivity index (χ1) is 4.21. The fourth-order valence-electron chi connectivity index (χ4n) is 0.396. The van der Waals surface area contributed by atoms with Crippen LogP contribution in [0, 0.1) is 0 Å². The third-order valence-electron chi connectivity index (χ3n) is 0.876. The summed E-state index contributed by atoms with van der Waals surface area (Å²) in [4.78, 5) is 0. The van der Waals surface area contributed by atoms with Crippen molar-refractivity contribution in [2.75, 3.05) is 0 Å². The molecule has 0 unspecified atom stereocenters. The minimum Gasteiger partial charge on any atom is -0.309 e. The molecule has 0 aliphatic carbocycles. The van der Waals surface area contributed by atoms with Gasteiger partial charge in [0, 0.05) is 0 Å². The molecule has 0 amide bonds. The third-order valence-corrected chi connectivity index (χ3v) is 3.13. The molecule has 0 radical (unpaired) electrons. The van der Waals surface area contributed by atoms with Gasteiger partial charge in [-0.3, -0.25) is 0 Å². The van der Waals surface area contributed by atoms with Crippen LogP contribution in [0.5, 0.6) is 0 Å². The molecule has 0 rings (SSSR count). The van der Waals surface area contributed by atoms with Crippen molar-refractivity contribution in [3.63, 3.8) is 0 Å². The van der Waals surface area contributed by atoms with Crippen molar-refractivity contribution in [2.24, 2.45) is 0 Å². The SMILES string of the molecule is C[Si](C)(F)/C=C/[Si](C)(C)F. The van der Waals surface area contributed by atoms with Gasteiger partial charge < -0.3 is 8.22 Å². The van der Waals surface area contributed by atoms with Gasteiger partial charge in [-0.25, -0.2) is 0 Å². The summed E-state index contributed by atoms with van der Waals surface area (Å²) in [5.74, 6) is 0. The van der Waals surface area contributed by atoms with Crippen LogP contribution in [0.3, 0.4) is 0 Å². The molecule has 60 valence electrons. The van der Waals surface area contributed by atoms with Gasteiger partial charge in [0.15, 0.2) is 0 Å². The molecule has 10 heavy (non-hydrogen) atoms. The van der Waals surface area contributed by atoms with Gasteiger partial charge in [-0.1, -0.05) is 11.4 Å². The zero-order chi connectivity index (χ0) is 8.41. The maximum absolute atomic E-state index is 12.8. The fourth-order valence-corrected chi connectivity index (χ4v) is 3.57. The summed E-state index contributed by atoms with van der Waals surface area (Å²) in [7, 11) is -5.31. The highest BCUT2D eigenvalue weighted by Gasteiger charge is 2.20. The normalized spacial score (nSPS) is 14.6. The zero-order valence-corrected chi connectivity index (χ0v) is 8.91. The minimum absolute atomic E-state index is 1.43. The lowest BCUT2D eigenvalue weighted by molar-refractivity contribution is 0.812. The first kappa shape index (κ1) is 10.0. The van der Waals surface area contributed by atoms with Crippen LogP contribution in [-0.4, -0.2) is 16.8 Å². The van der Waals surface area contributed by atoms with E-state index >= 15 is 0 Å². The maximum Gasteiger partial charge on any atom is 0.263 e. The van der Waals surface area contributed by atoms with E-state index in [0.29, 0.717) is 0 Å².